The first-order valence-corrected chi connectivity index (χ1v) is 9.92. The number of dihydropyridines is 1. The van der Waals surface area contributed by atoms with E-state index in [2.05, 4.69) is 88.0 Å². The molecule has 6 rings (SSSR count). The second-order valence-electron chi connectivity index (χ2n) is 7.11. The normalized spacial score (nSPS) is 17.5. The summed E-state index contributed by atoms with van der Waals surface area (Å²) in [6, 6.07) is 23.5. The second-order valence-corrected chi connectivity index (χ2v) is 8.02. The summed E-state index contributed by atoms with van der Waals surface area (Å²) in [6.07, 6.45) is 4.45. The van der Waals surface area contributed by atoms with Crippen molar-refractivity contribution in [3.8, 4) is 11.5 Å². The Bertz CT molecular complexity index is 1130. The third-order valence-electron chi connectivity index (χ3n) is 5.80. The van der Waals surface area contributed by atoms with Crippen molar-refractivity contribution >= 4 is 21.5 Å². The van der Waals surface area contributed by atoms with Gasteiger partial charge in [0.2, 0.25) is 0 Å². The van der Waals surface area contributed by atoms with Gasteiger partial charge in [0.05, 0.1) is 5.41 Å². The molecule has 27 heavy (non-hydrogen) atoms. The van der Waals surface area contributed by atoms with Gasteiger partial charge in [-0.05, 0) is 35.4 Å². The van der Waals surface area contributed by atoms with Crippen LogP contribution in [0, 0.1) is 0 Å². The highest BCUT2D eigenvalue weighted by Crippen LogP contribution is 2.60. The van der Waals surface area contributed by atoms with E-state index in [1.165, 1.54) is 33.5 Å². The average Bonchev–Trinajstić information content (AvgIpc) is 2.99. The van der Waals surface area contributed by atoms with E-state index in [0.717, 1.165) is 22.5 Å². The van der Waals surface area contributed by atoms with Gasteiger partial charge in [0.25, 0.3) is 0 Å². The molecule has 1 aliphatic carbocycles. The minimum atomic E-state index is -0.384. The number of hydrogen-bond acceptors (Lipinski definition) is 2. The van der Waals surface area contributed by atoms with Gasteiger partial charge in [-0.2, -0.15) is 0 Å². The van der Waals surface area contributed by atoms with Crippen LogP contribution in [0.5, 0.6) is 11.5 Å². The largest absolute Gasteiger partial charge is 0.457 e. The number of rotatable bonds is 0. The number of fused-ring (bicyclic) bond motifs is 8. The minimum absolute atomic E-state index is 0.384. The van der Waals surface area contributed by atoms with Crippen molar-refractivity contribution in [1.82, 2.24) is 5.32 Å². The Hall–Kier alpha value is -2.78. The lowest BCUT2D eigenvalue weighted by Crippen LogP contribution is -2.39. The number of allylic oxidation sites excluding steroid dienone is 3. The highest BCUT2D eigenvalue weighted by Gasteiger charge is 2.52. The van der Waals surface area contributed by atoms with Gasteiger partial charge in [0.15, 0.2) is 0 Å². The van der Waals surface area contributed by atoms with Gasteiger partial charge in [-0.3, -0.25) is 0 Å². The van der Waals surface area contributed by atoms with Gasteiger partial charge in [-0.15, -0.1) is 0 Å². The van der Waals surface area contributed by atoms with Gasteiger partial charge < -0.3 is 10.1 Å². The molecule has 0 saturated carbocycles. The number of halogens is 1. The lowest BCUT2D eigenvalue weighted by atomic mass is 9.67. The van der Waals surface area contributed by atoms with Crippen LogP contribution in [0.2, 0.25) is 0 Å². The van der Waals surface area contributed by atoms with E-state index in [1.807, 2.05) is 12.1 Å². The molecule has 0 atom stereocenters. The smallest absolute Gasteiger partial charge is 0.132 e. The molecule has 0 saturated heterocycles. The second kappa shape index (κ2) is 5.37. The number of nitrogens with one attached hydrogen (secondary N) is 1. The third kappa shape index (κ3) is 1.85. The molecule has 0 amide bonds. The maximum absolute atomic E-state index is 6.31. The summed E-state index contributed by atoms with van der Waals surface area (Å²) in [6.45, 7) is 0.834. The van der Waals surface area contributed by atoms with Crippen LogP contribution in [0.25, 0.3) is 5.57 Å². The molecule has 1 spiro atoms. The summed E-state index contributed by atoms with van der Waals surface area (Å²) in [7, 11) is 0. The van der Waals surface area contributed by atoms with Gasteiger partial charge in [-0.1, -0.05) is 70.5 Å². The Morgan fingerprint density at radius 2 is 1.56 bits per heavy atom. The van der Waals surface area contributed by atoms with Crippen LogP contribution in [0.4, 0.5) is 0 Å². The fourth-order valence-corrected chi connectivity index (χ4v) is 5.19. The minimum Gasteiger partial charge on any atom is -0.457 e. The molecule has 0 fully saturated rings. The first kappa shape index (κ1) is 15.3. The standard InChI is InChI=1S/C24H16BrNO/c25-15-11-12-16-17-6-5-13-26-23(17)24(20(16)14-15)18-7-1-3-9-21(18)27-22-10-4-2-8-19(22)24/h1-12,14,26H,13H2. The molecule has 3 heteroatoms. The average molecular weight is 414 g/mol. The Balaban J connectivity index is 1.83. The Kier molecular flexibility index (Phi) is 3.04. The molecular formula is C24H16BrNO. The molecule has 3 aliphatic rings. The van der Waals surface area contributed by atoms with Crippen molar-refractivity contribution in [2.75, 3.05) is 6.54 Å². The molecular weight excluding hydrogens is 398 g/mol. The van der Waals surface area contributed by atoms with Crippen LogP contribution in [-0.2, 0) is 5.41 Å². The lowest BCUT2D eigenvalue weighted by molar-refractivity contribution is 0.429. The van der Waals surface area contributed by atoms with Crippen molar-refractivity contribution in [2.45, 2.75) is 5.41 Å². The number of hydrogen-bond donors (Lipinski definition) is 1. The topological polar surface area (TPSA) is 21.3 Å². The zero-order valence-corrected chi connectivity index (χ0v) is 16.1. The molecule has 3 aromatic carbocycles. The van der Waals surface area contributed by atoms with Crippen molar-refractivity contribution in [3.63, 3.8) is 0 Å². The van der Waals surface area contributed by atoms with Crippen LogP contribution in [0.1, 0.15) is 22.3 Å². The van der Waals surface area contributed by atoms with E-state index >= 15 is 0 Å². The van der Waals surface area contributed by atoms with E-state index in [0.29, 0.717) is 0 Å². The van der Waals surface area contributed by atoms with E-state index in [4.69, 9.17) is 4.74 Å². The summed E-state index contributed by atoms with van der Waals surface area (Å²) in [5.74, 6) is 1.85. The quantitative estimate of drug-likeness (QED) is 0.504. The Labute approximate surface area is 166 Å². The SMILES string of the molecule is Brc1ccc2c(c1)C1(C3=C2C=CCN3)c2ccccc2Oc2ccccc21. The Morgan fingerprint density at radius 3 is 2.30 bits per heavy atom. The first-order chi connectivity index (χ1) is 13.3. The molecule has 2 nitrogen and oxygen atoms in total. The van der Waals surface area contributed by atoms with Gasteiger partial charge in [0, 0.05) is 33.4 Å². The highest BCUT2D eigenvalue weighted by atomic mass is 79.9. The zero-order chi connectivity index (χ0) is 18.0. The van der Waals surface area contributed by atoms with Crippen LogP contribution < -0.4 is 10.1 Å². The molecule has 3 aromatic rings. The predicted octanol–water partition coefficient (Wildman–Crippen LogP) is 5.77. The van der Waals surface area contributed by atoms with E-state index in [9.17, 15) is 0 Å². The van der Waals surface area contributed by atoms with E-state index < -0.39 is 0 Å². The molecule has 130 valence electrons. The van der Waals surface area contributed by atoms with Crippen molar-refractivity contribution < 1.29 is 4.74 Å². The third-order valence-corrected chi connectivity index (χ3v) is 6.30. The van der Waals surface area contributed by atoms with Crippen LogP contribution in [0.15, 0.2) is 89.1 Å². The van der Waals surface area contributed by atoms with Gasteiger partial charge >= 0.3 is 0 Å². The van der Waals surface area contributed by atoms with E-state index in [-0.39, 0.29) is 5.41 Å². The van der Waals surface area contributed by atoms with Gasteiger partial charge in [-0.25, -0.2) is 0 Å². The lowest BCUT2D eigenvalue weighted by Gasteiger charge is -2.41. The molecule has 1 N–H and O–H groups in total. The summed E-state index contributed by atoms with van der Waals surface area (Å²) in [5, 5.41) is 3.71. The summed E-state index contributed by atoms with van der Waals surface area (Å²) < 4.78 is 7.40. The molecule has 0 unspecified atom stereocenters. The zero-order valence-electron chi connectivity index (χ0n) is 14.5. The molecule has 2 aliphatic heterocycles. The van der Waals surface area contributed by atoms with Crippen LogP contribution in [0.3, 0.4) is 0 Å². The van der Waals surface area contributed by atoms with Crippen molar-refractivity contribution in [1.29, 1.82) is 0 Å². The predicted molar refractivity (Wildman–Crippen MR) is 111 cm³/mol. The fraction of sp³-hybridized carbons (Fsp3) is 0.0833. The number of ether oxygens (including phenoxy) is 1. The number of para-hydroxylation sites is 2. The maximum atomic E-state index is 6.31. The highest BCUT2D eigenvalue weighted by molar-refractivity contribution is 9.10. The number of benzene rings is 3. The van der Waals surface area contributed by atoms with Crippen molar-refractivity contribution in [3.05, 3.63) is 111 Å². The van der Waals surface area contributed by atoms with Crippen molar-refractivity contribution in [2.24, 2.45) is 0 Å². The fourth-order valence-electron chi connectivity index (χ4n) is 4.83. The van der Waals surface area contributed by atoms with Crippen LogP contribution in [-0.4, -0.2) is 6.54 Å². The molecule has 0 radical (unpaired) electrons. The summed E-state index contributed by atoms with van der Waals surface area (Å²) in [4.78, 5) is 0. The molecule has 2 heterocycles. The maximum Gasteiger partial charge on any atom is 0.132 e. The summed E-state index contributed by atoms with van der Waals surface area (Å²) >= 11 is 3.71. The van der Waals surface area contributed by atoms with Crippen LogP contribution >= 0.6 is 15.9 Å². The Morgan fingerprint density at radius 1 is 0.852 bits per heavy atom. The van der Waals surface area contributed by atoms with E-state index in [1.54, 1.807) is 0 Å². The monoisotopic (exact) mass is 413 g/mol. The molecule has 0 bridgehead atoms. The van der Waals surface area contributed by atoms with Gasteiger partial charge in [0.1, 0.15) is 11.5 Å². The molecule has 0 aromatic heterocycles. The first-order valence-electron chi connectivity index (χ1n) is 9.12. The summed E-state index contributed by atoms with van der Waals surface area (Å²) in [5.41, 5.74) is 7.10.